The molecule has 9 aromatic carbocycles. The van der Waals surface area contributed by atoms with Crippen LogP contribution >= 0.6 is 11.3 Å². The smallest absolute Gasteiger partial charge is 0.221 e. The number of nitrogens with zero attached hydrogens (tertiary/aromatic N) is 5. The maximum Gasteiger partial charge on any atom is 0.221 e. The van der Waals surface area contributed by atoms with Crippen molar-refractivity contribution in [3.63, 3.8) is 0 Å². The Balaban J connectivity index is 0.0000000966. The van der Waals surface area contributed by atoms with Gasteiger partial charge in [0.1, 0.15) is 11.2 Å². The number of aromatic nitrogens is 5. The van der Waals surface area contributed by atoms with E-state index in [0.29, 0.717) is 0 Å². The number of para-hydroxylation sites is 1. The van der Waals surface area contributed by atoms with Gasteiger partial charge in [-0.2, -0.15) is 13.7 Å². The van der Waals surface area contributed by atoms with Crippen LogP contribution in [0.15, 0.2) is 290 Å². The summed E-state index contributed by atoms with van der Waals surface area (Å²) in [6.45, 7) is 5.07. The molecule has 6 nitrogen and oxygen atoms in total. The van der Waals surface area contributed by atoms with Crippen LogP contribution in [0.3, 0.4) is 0 Å². The molecule has 0 amide bonds. The average molecular weight is 1320 g/mol. The molecule has 417 valence electrons. The number of furan rings is 1. The molecule has 0 bridgehead atoms. The van der Waals surface area contributed by atoms with Gasteiger partial charge >= 0.3 is 0 Å². The molecular weight excluding hydrogens is 1260 g/mol. The molecule has 19 rings (SSSR count). The van der Waals surface area contributed by atoms with Crippen LogP contribution in [0.5, 0.6) is 0 Å². The maximum atomic E-state index is 6.14. The summed E-state index contributed by atoms with van der Waals surface area (Å²) < 4.78 is 15.9. The van der Waals surface area contributed by atoms with Gasteiger partial charge in [0.25, 0.3) is 0 Å². The van der Waals surface area contributed by atoms with E-state index in [1.165, 1.54) is 109 Å². The quantitative estimate of drug-likeness (QED) is 0.101. The number of rotatable bonds is 3. The molecule has 0 aliphatic carbocycles. The van der Waals surface area contributed by atoms with Crippen molar-refractivity contribution >= 4 is 75.1 Å². The Morgan fingerprint density at radius 1 is 0.460 bits per heavy atom. The molecule has 16 aromatic rings. The second kappa shape index (κ2) is 24.1. The van der Waals surface area contributed by atoms with E-state index in [9.17, 15) is 0 Å². The Bertz CT molecular complexity index is 4900. The van der Waals surface area contributed by atoms with Gasteiger partial charge in [-0.3, -0.25) is 0 Å². The first-order valence-electron chi connectivity index (χ1n) is 29.1. The molecule has 0 fully saturated rings. The molecule has 7 aromatic heterocycles. The Morgan fingerprint density at radius 2 is 1.09 bits per heavy atom. The van der Waals surface area contributed by atoms with Crippen LogP contribution in [0.25, 0.3) is 120 Å². The standard InChI is InChI=1S/C18H12NO.C18H12NS.C18H14N.C14H10N.C11H8N.Ir/c2*1-2-7-16-13(5-1)14-9-8-12-11-19-10-4-3-6-15(19)17(12)18(14)20-16;1-14-12-18(16-10-6-3-7-11-16)19-13-17(14)15-8-4-2-5-9-15;1-3-10-6-7-11-5-2-8-15-9-12(4-1)13(10)14(11)15;1-2-6-10(7-3-1)11-8-4-5-9-12-11;/h2*1-10H,11H2;2-10,12-13H,1H3;1-8H,9H2;1-6,8-9H;/q2*+1;-1;+1;-1;. The van der Waals surface area contributed by atoms with Crippen LogP contribution in [-0.2, 0) is 39.7 Å². The topological polar surface area (TPSA) is 50.6 Å². The molecule has 0 N–H and O–H groups in total. The van der Waals surface area contributed by atoms with Gasteiger partial charge in [-0.25, -0.2) is 0 Å². The Kier molecular flexibility index (Phi) is 15.2. The van der Waals surface area contributed by atoms with Gasteiger partial charge in [-0.05, 0) is 83.4 Å². The zero-order chi connectivity index (χ0) is 57.3. The number of fused-ring (bicyclic) bond motifs is 14. The third-order valence-electron chi connectivity index (χ3n) is 16.5. The predicted molar refractivity (Wildman–Crippen MR) is 350 cm³/mol. The van der Waals surface area contributed by atoms with Crippen LogP contribution < -0.4 is 13.7 Å². The third kappa shape index (κ3) is 10.6. The van der Waals surface area contributed by atoms with Crippen molar-refractivity contribution in [3.8, 4) is 56.2 Å². The number of aryl methyl sites for hydroxylation is 1. The molecule has 8 heteroatoms. The van der Waals surface area contributed by atoms with Crippen molar-refractivity contribution in [2.24, 2.45) is 0 Å². The summed E-state index contributed by atoms with van der Waals surface area (Å²) in [5.41, 5.74) is 20.5. The predicted octanol–water partition coefficient (Wildman–Crippen LogP) is 18.0. The van der Waals surface area contributed by atoms with Crippen LogP contribution in [-0.4, -0.2) is 9.97 Å². The Morgan fingerprint density at radius 3 is 1.84 bits per heavy atom. The molecule has 0 atom stereocenters. The summed E-state index contributed by atoms with van der Waals surface area (Å²) in [4.78, 5) is 8.77. The van der Waals surface area contributed by atoms with Crippen LogP contribution in [0.1, 0.15) is 22.3 Å². The second-order valence-electron chi connectivity index (χ2n) is 21.7. The first kappa shape index (κ1) is 54.8. The fraction of sp³-hybridized carbons (Fsp3) is 0.0506. The molecule has 0 unspecified atom stereocenters. The summed E-state index contributed by atoms with van der Waals surface area (Å²) in [6.07, 6.45) is 10.2. The van der Waals surface area contributed by atoms with Crippen LogP contribution in [0, 0.1) is 19.1 Å². The van der Waals surface area contributed by atoms with Crippen molar-refractivity contribution in [3.05, 3.63) is 320 Å². The minimum atomic E-state index is 0. The van der Waals surface area contributed by atoms with Crippen molar-refractivity contribution in [1.29, 1.82) is 0 Å². The fourth-order valence-electron chi connectivity index (χ4n) is 12.5. The monoisotopic (exact) mass is 1320 g/mol. The fourth-order valence-corrected chi connectivity index (χ4v) is 13.7. The van der Waals surface area contributed by atoms with Crippen molar-refractivity contribution < 1.29 is 38.2 Å². The van der Waals surface area contributed by atoms with Crippen molar-refractivity contribution in [2.45, 2.75) is 26.6 Å². The SMILES string of the molecule is Cc1cc(-c2[c-]cccc2)ncc1-c1ccccc1.[Ir].[c-]1ccccc1-c1ccccn1.c1cc2c3c(c1)ccc1ccc[n+](c13)C2.c1cc[n+]2c(c1)-c1c(ccc3c1oc1ccccc13)C2.c1cc[n+]2c(c1)-c1c(ccc3c1sc1ccccc13)C2. The van der Waals surface area contributed by atoms with E-state index in [-0.39, 0.29) is 20.1 Å². The normalized spacial score (nSPS) is 11.7. The summed E-state index contributed by atoms with van der Waals surface area (Å²) >= 11 is 1.92. The summed E-state index contributed by atoms with van der Waals surface area (Å²) in [7, 11) is 0. The molecule has 0 spiro atoms. The van der Waals surface area contributed by atoms with Gasteiger partial charge in [0.2, 0.25) is 16.9 Å². The molecule has 0 saturated carbocycles. The number of hydrogen-bond donors (Lipinski definition) is 0. The van der Waals surface area contributed by atoms with Crippen molar-refractivity contribution in [1.82, 2.24) is 9.97 Å². The second-order valence-corrected chi connectivity index (χ2v) is 22.8. The van der Waals surface area contributed by atoms with Gasteiger partial charge in [0.05, 0.1) is 16.5 Å². The van der Waals surface area contributed by atoms with Gasteiger partial charge in [-0.1, -0.05) is 127 Å². The van der Waals surface area contributed by atoms with E-state index in [4.69, 9.17) is 4.42 Å². The van der Waals surface area contributed by atoms with Crippen LogP contribution in [0.2, 0.25) is 0 Å². The van der Waals surface area contributed by atoms with E-state index < -0.39 is 0 Å². The molecule has 10 heterocycles. The first-order valence-corrected chi connectivity index (χ1v) is 29.9. The third-order valence-corrected chi connectivity index (χ3v) is 17.7. The van der Waals surface area contributed by atoms with E-state index in [1.54, 1.807) is 6.20 Å². The molecule has 1 radical (unpaired) electrons. The van der Waals surface area contributed by atoms with Gasteiger partial charge < -0.3 is 14.4 Å². The van der Waals surface area contributed by atoms with Crippen molar-refractivity contribution in [2.75, 3.05) is 0 Å². The van der Waals surface area contributed by atoms with E-state index in [1.807, 2.05) is 115 Å². The molecule has 0 saturated heterocycles. The average Bonchev–Trinajstić information content (AvgIpc) is 1.72. The zero-order valence-electron chi connectivity index (χ0n) is 47.6. The molecule has 87 heavy (non-hydrogen) atoms. The largest absolute Gasteiger partial charge is 0.455 e. The molecule has 3 aliphatic heterocycles. The van der Waals surface area contributed by atoms with Gasteiger partial charge in [-0.15, -0.1) is 83.1 Å². The maximum absolute atomic E-state index is 6.14. The van der Waals surface area contributed by atoms with Gasteiger partial charge in [0, 0.05) is 121 Å². The first-order chi connectivity index (χ1) is 42.6. The van der Waals surface area contributed by atoms with Crippen LogP contribution in [0.4, 0.5) is 0 Å². The van der Waals surface area contributed by atoms with E-state index in [0.717, 1.165) is 53.3 Å². The summed E-state index contributed by atoms with van der Waals surface area (Å²) in [6, 6.07) is 94.5. The molecular formula is C79H56IrN5OS+. The Labute approximate surface area is 522 Å². The summed E-state index contributed by atoms with van der Waals surface area (Å²) in [5, 5.41) is 9.31. The number of benzene rings is 9. The molecule has 3 aliphatic rings. The van der Waals surface area contributed by atoms with Gasteiger partial charge in [0.15, 0.2) is 38.2 Å². The number of hydrogen-bond acceptors (Lipinski definition) is 4. The van der Waals surface area contributed by atoms with E-state index >= 15 is 0 Å². The van der Waals surface area contributed by atoms with E-state index in [2.05, 4.69) is 219 Å². The minimum absolute atomic E-state index is 0. The minimum Gasteiger partial charge on any atom is -0.455 e. The number of pyridine rings is 5. The zero-order valence-corrected chi connectivity index (χ0v) is 50.9. The Hall–Kier alpha value is -10.1. The summed E-state index contributed by atoms with van der Waals surface area (Å²) in [5.74, 6) is 0. The number of thiophene rings is 1.